The molecule has 1 N–H and O–H groups in total. The average Bonchev–Trinajstić information content (AvgIpc) is 3.20. The van der Waals surface area contributed by atoms with Crippen molar-refractivity contribution in [3.8, 4) is 0 Å². The summed E-state index contributed by atoms with van der Waals surface area (Å²) in [7, 11) is 0. The number of hydrogen-bond donors (Lipinski definition) is 1. The van der Waals surface area contributed by atoms with Crippen molar-refractivity contribution in [1.29, 1.82) is 0 Å². The first kappa shape index (κ1) is 22.0. The van der Waals surface area contributed by atoms with Gasteiger partial charge in [0.1, 0.15) is 18.4 Å². The molecule has 1 atom stereocenters. The molecule has 160 valence electrons. The second-order valence-electron chi connectivity index (χ2n) is 6.74. The van der Waals surface area contributed by atoms with E-state index in [1.54, 1.807) is 13.0 Å². The van der Waals surface area contributed by atoms with E-state index < -0.39 is 21.8 Å². The minimum atomic E-state index is -0.804. The molecule has 1 unspecified atom stereocenters. The highest BCUT2D eigenvalue weighted by Crippen LogP contribution is 2.33. The summed E-state index contributed by atoms with van der Waals surface area (Å²) in [6.45, 7) is 3.71. The van der Waals surface area contributed by atoms with Crippen molar-refractivity contribution in [2.45, 2.75) is 36.1 Å². The van der Waals surface area contributed by atoms with Crippen molar-refractivity contribution < 1.29 is 14.6 Å². The third-order valence-corrected chi connectivity index (χ3v) is 5.41. The highest BCUT2D eigenvalue weighted by molar-refractivity contribution is 7.99. The maximum Gasteiger partial charge on any atom is 0.307 e. The van der Waals surface area contributed by atoms with Gasteiger partial charge in [0.25, 0.3) is 5.69 Å². The van der Waals surface area contributed by atoms with Gasteiger partial charge in [0, 0.05) is 27.6 Å². The number of non-ortho nitro benzene ring substituents is 1. The minimum Gasteiger partial charge on any atom is -0.324 e. The number of rotatable bonds is 8. The summed E-state index contributed by atoms with van der Waals surface area (Å²) in [6, 6.07) is 11.3. The van der Waals surface area contributed by atoms with E-state index in [9.17, 15) is 25.0 Å². The summed E-state index contributed by atoms with van der Waals surface area (Å²) in [4.78, 5) is 35.4. The number of nitrogens with zero attached hydrogens (tertiary/aromatic N) is 4. The molecular weight excluding hydrogens is 422 g/mol. The van der Waals surface area contributed by atoms with Gasteiger partial charge in [-0.25, -0.2) is 0 Å². The van der Waals surface area contributed by atoms with Crippen LogP contribution in [0.15, 0.2) is 64.6 Å². The fourth-order valence-corrected chi connectivity index (χ4v) is 3.78. The van der Waals surface area contributed by atoms with Gasteiger partial charge in [-0.3, -0.25) is 29.7 Å². The van der Waals surface area contributed by atoms with Gasteiger partial charge in [0.2, 0.25) is 5.91 Å². The smallest absolute Gasteiger partial charge is 0.307 e. The van der Waals surface area contributed by atoms with Crippen LogP contribution in [0.4, 0.5) is 17.1 Å². The Morgan fingerprint density at radius 2 is 1.77 bits per heavy atom. The fourth-order valence-electron chi connectivity index (χ4n) is 2.87. The number of anilines is 1. The average molecular weight is 441 g/mol. The van der Waals surface area contributed by atoms with Crippen LogP contribution < -0.4 is 5.32 Å². The van der Waals surface area contributed by atoms with Crippen LogP contribution in [0.5, 0.6) is 0 Å². The molecule has 0 aliphatic rings. The van der Waals surface area contributed by atoms with E-state index >= 15 is 0 Å². The van der Waals surface area contributed by atoms with Crippen molar-refractivity contribution in [2.75, 3.05) is 5.32 Å². The Kier molecular flexibility index (Phi) is 6.65. The summed E-state index contributed by atoms with van der Waals surface area (Å²) in [6.07, 6.45) is 2.57. The maximum atomic E-state index is 12.8. The Morgan fingerprint density at radius 1 is 1.10 bits per heavy atom. The van der Waals surface area contributed by atoms with Crippen molar-refractivity contribution in [2.24, 2.45) is 0 Å². The zero-order valence-corrected chi connectivity index (χ0v) is 17.5. The van der Waals surface area contributed by atoms with Crippen LogP contribution in [0.1, 0.15) is 24.9 Å². The monoisotopic (exact) mass is 441 g/mol. The Morgan fingerprint density at radius 3 is 2.35 bits per heavy atom. The van der Waals surface area contributed by atoms with Gasteiger partial charge in [-0.2, -0.15) is 5.10 Å². The largest absolute Gasteiger partial charge is 0.324 e. The van der Waals surface area contributed by atoms with Crippen LogP contribution in [-0.2, 0) is 4.79 Å². The standard InChI is InChI=1S/C20H19N5O5S/c1-3-19(23-12-16(11-21-23)25(29)30)20(26)22-14-8-15(24(27)28)10-18(9-14)31-17-6-4-13(2)5-7-17/h4-12,19H,3H2,1-2H3,(H,22,26). The first-order valence-electron chi connectivity index (χ1n) is 9.30. The van der Waals surface area contributed by atoms with Gasteiger partial charge >= 0.3 is 5.69 Å². The van der Waals surface area contributed by atoms with E-state index in [4.69, 9.17) is 0 Å². The predicted molar refractivity (Wildman–Crippen MR) is 115 cm³/mol. The third-order valence-electron chi connectivity index (χ3n) is 4.43. The van der Waals surface area contributed by atoms with E-state index in [0.29, 0.717) is 11.3 Å². The summed E-state index contributed by atoms with van der Waals surface area (Å²) in [5.41, 5.74) is 0.975. The zero-order valence-electron chi connectivity index (χ0n) is 16.7. The van der Waals surface area contributed by atoms with E-state index in [2.05, 4.69) is 10.4 Å². The number of carbonyl (C=O) groups is 1. The lowest BCUT2D eigenvalue weighted by Gasteiger charge is -2.15. The van der Waals surface area contributed by atoms with Crippen LogP contribution in [0.2, 0.25) is 0 Å². The van der Waals surface area contributed by atoms with Gasteiger partial charge in [-0.1, -0.05) is 36.4 Å². The maximum absolute atomic E-state index is 12.8. The quantitative estimate of drug-likeness (QED) is 0.394. The van der Waals surface area contributed by atoms with Gasteiger partial charge in [0.05, 0.1) is 9.85 Å². The third kappa shape index (κ3) is 5.45. The van der Waals surface area contributed by atoms with Crippen LogP contribution in [0, 0.1) is 27.2 Å². The number of nitrogens with one attached hydrogen (secondary N) is 1. The molecule has 0 saturated carbocycles. The molecule has 31 heavy (non-hydrogen) atoms. The highest BCUT2D eigenvalue weighted by Gasteiger charge is 2.23. The highest BCUT2D eigenvalue weighted by atomic mass is 32.2. The van der Waals surface area contributed by atoms with Crippen LogP contribution in [-0.4, -0.2) is 25.5 Å². The van der Waals surface area contributed by atoms with E-state index in [1.807, 2.05) is 31.2 Å². The molecule has 1 amide bonds. The number of hydrogen-bond acceptors (Lipinski definition) is 7. The Hall–Kier alpha value is -3.73. The fraction of sp³-hybridized carbons (Fsp3) is 0.200. The van der Waals surface area contributed by atoms with Crippen LogP contribution >= 0.6 is 11.8 Å². The number of amides is 1. The normalized spacial score (nSPS) is 11.7. The van der Waals surface area contributed by atoms with Gasteiger partial charge < -0.3 is 5.32 Å². The number of carbonyl (C=O) groups excluding carboxylic acids is 1. The summed E-state index contributed by atoms with van der Waals surface area (Å²) >= 11 is 1.34. The summed E-state index contributed by atoms with van der Waals surface area (Å²) in [5, 5.41) is 28.8. The molecule has 3 aromatic rings. The van der Waals surface area contributed by atoms with Gasteiger partial charge in [-0.15, -0.1) is 0 Å². The zero-order chi connectivity index (χ0) is 22.5. The molecule has 0 aliphatic carbocycles. The van der Waals surface area contributed by atoms with Crippen LogP contribution in [0.3, 0.4) is 0 Å². The van der Waals surface area contributed by atoms with Gasteiger partial charge in [0.15, 0.2) is 0 Å². The van der Waals surface area contributed by atoms with E-state index in [1.165, 1.54) is 34.8 Å². The molecule has 1 heterocycles. The Balaban J connectivity index is 1.85. The summed E-state index contributed by atoms with van der Waals surface area (Å²) < 4.78 is 1.22. The molecule has 11 heteroatoms. The second kappa shape index (κ2) is 9.39. The molecule has 0 fully saturated rings. The lowest BCUT2D eigenvalue weighted by molar-refractivity contribution is -0.385. The Bertz CT molecular complexity index is 1130. The molecule has 0 bridgehead atoms. The number of nitro benzene ring substituents is 1. The van der Waals surface area contributed by atoms with Crippen LogP contribution in [0.25, 0.3) is 0 Å². The van der Waals surface area contributed by atoms with E-state index in [0.717, 1.165) is 16.7 Å². The molecule has 0 radical (unpaired) electrons. The molecular formula is C20H19N5O5S. The first-order chi connectivity index (χ1) is 14.8. The molecule has 0 aliphatic heterocycles. The Labute approximate surface area is 181 Å². The van der Waals surface area contributed by atoms with Crippen molar-refractivity contribution >= 4 is 34.7 Å². The minimum absolute atomic E-state index is 0.157. The number of aromatic nitrogens is 2. The lowest BCUT2D eigenvalue weighted by Crippen LogP contribution is -2.26. The molecule has 0 saturated heterocycles. The second-order valence-corrected chi connectivity index (χ2v) is 7.88. The topological polar surface area (TPSA) is 133 Å². The molecule has 3 rings (SSSR count). The number of aryl methyl sites for hydroxylation is 1. The molecule has 10 nitrogen and oxygen atoms in total. The number of nitro groups is 2. The molecule has 0 spiro atoms. The van der Waals surface area contributed by atoms with Gasteiger partial charge in [-0.05, 0) is 31.5 Å². The van der Waals surface area contributed by atoms with Crippen molar-refractivity contribution in [3.05, 3.63) is 80.7 Å². The summed E-state index contributed by atoms with van der Waals surface area (Å²) in [5.74, 6) is -0.479. The molecule has 1 aromatic heterocycles. The lowest BCUT2D eigenvalue weighted by atomic mass is 10.2. The SMILES string of the molecule is CCC(C(=O)Nc1cc(Sc2ccc(C)cc2)cc([N+](=O)[O-])c1)n1cc([N+](=O)[O-])cn1. The predicted octanol–water partition coefficient (Wildman–Crippen LogP) is 4.75. The number of benzene rings is 2. The first-order valence-corrected chi connectivity index (χ1v) is 10.1. The van der Waals surface area contributed by atoms with E-state index in [-0.39, 0.29) is 17.1 Å². The van der Waals surface area contributed by atoms with Crippen molar-refractivity contribution in [3.63, 3.8) is 0 Å². The molecule has 2 aromatic carbocycles. The van der Waals surface area contributed by atoms with Crippen molar-refractivity contribution in [1.82, 2.24) is 9.78 Å².